The van der Waals surface area contributed by atoms with Gasteiger partial charge >= 0.3 is 5.97 Å². The summed E-state index contributed by atoms with van der Waals surface area (Å²) in [5, 5.41) is 2.73. The van der Waals surface area contributed by atoms with Crippen molar-refractivity contribution in [2.24, 2.45) is 10.9 Å². The normalized spacial score (nSPS) is 20.8. The van der Waals surface area contributed by atoms with Crippen LogP contribution in [0, 0.1) is 5.92 Å². The van der Waals surface area contributed by atoms with Gasteiger partial charge in [0.2, 0.25) is 0 Å². The van der Waals surface area contributed by atoms with Crippen LogP contribution < -0.4 is 5.32 Å². The number of ether oxygens (including phenoxy) is 1. The number of aliphatic imine (C=N–C) groups is 1. The smallest absolute Gasteiger partial charge is 0.340 e. The predicted octanol–water partition coefficient (Wildman–Crippen LogP) is 1.88. The van der Waals surface area contributed by atoms with Crippen molar-refractivity contribution in [1.82, 2.24) is 10.3 Å². The molecule has 1 aliphatic heterocycles. The van der Waals surface area contributed by atoms with Crippen LogP contribution in [0.15, 0.2) is 22.2 Å². The molecule has 0 saturated carbocycles. The molecule has 0 spiro atoms. The monoisotopic (exact) mass is 321 g/mol. The highest BCUT2D eigenvalue weighted by atomic mass is 32.2. The minimum atomic E-state index is -0.859. The molecule has 6 nitrogen and oxygen atoms in total. The van der Waals surface area contributed by atoms with Crippen molar-refractivity contribution in [3.8, 4) is 0 Å². The van der Waals surface area contributed by atoms with Gasteiger partial charge in [-0.1, -0.05) is 13.8 Å². The van der Waals surface area contributed by atoms with Crippen molar-refractivity contribution < 1.29 is 14.3 Å². The van der Waals surface area contributed by atoms with Crippen LogP contribution in [0.25, 0.3) is 0 Å². The lowest BCUT2D eigenvalue weighted by Crippen LogP contribution is -2.41. The Balaban J connectivity index is 2.54. The Morgan fingerprint density at radius 3 is 2.64 bits per heavy atom. The van der Waals surface area contributed by atoms with E-state index in [0.29, 0.717) is 17.1 Å². The van der Waals surface area contributed by atoms with Gasteiger partial charge in [-0.25, -0.2) is 9.79 Å². The molecule has 1 aromatic rings. The number of carbonyl (C=O) groups is 2. The molecule has 2 heterocycles. The van der Waals surface area contributed by atoms with E-state index >= 15 is 0 Å². The van der Waals surface area contributed by atoms with E-state index in [1.165, 1.54) is 18.9 Å². The fraction of sp³-hybridized carbons (Fsp3) is 0.467. The average molecular weight is 321 g/mol. The second-order valence-electron chi connectivity index (χ2n) is 5.48. The quantitative estimate of drug-likeness (QED) is 0.676. The van der Waals surface area contributed by atoms with Gasteiger partial charge in [0.05, 0.1) is 12.7 Å². The molecule has 1 aromatic heterocycles. The molecule has 2 rings (SSSR count). The summed E-state index contributed by atoms with van der Waals surface area (Å²) < 4.78 is 4.81. The molecule has 1 atom stereocenters. The third-order valence-corrected chi connectivity index (χ3v) is 4.58. The zero-order valence-electron chi connectivity index (χ0n) is 13.3. The first-order valence-corrected chi connectivity index (χ1v) is 8.10. The Labute approximate surface area is 133 Å². The number of pyridine rings is 1. The van der Waals surface area contributed by atoms with E-state index in [-0.39, 0.29) is 11.8 Å². The molecule has 1 N–H and O–H groups in total. The number of amidine groups is 1. The molecule has 7 heteroatoms. The van der Waals surface area contributed by atoms with E-state index in [9.17, 15) is 9.59 Å². The number of hydrogen-bond donors (Lipinski definition) is 1. The van der Waals surface area contributed by atoms with E-state index < -0.39 is 11.5 Å². The van der Waals surface area contributed by atoms with Crippen molar-refractivity contribution in [1.29, 1.82) is 0 Å². The van der Waals surface area contributed by atoms with E-state index in [2.05, 4.69) is 15.3 Å². The van der Waals surface area contributed by atoms with E-state index in [1.54, 1.807) is 19.2 Å². The van der Waals surface area contributed by atoms with Crippen LogP contribution in [0.5, 0.6) is 0 Å². The molecule has 1 aliphatic rings. The highest BCUT2D eigenvalue weighted by molar-refractivity contribution is 7.98. The summed E-state index contributed by atoms with van der Waals surface area (Å²) in [5.74, 6) is -0.358. The molecule has 0 aliphatic carbocycles. The van der Waals surface area contributed by atoms with Gasteiger partial charge in [0.1, 0.15) is 11.2 Å². The zero-order valence-corrected chi connectivity index (χ0v) is 14.1. The Hall–Kier alpha value is -1.89. The lowest BCUT2D eigenvalue weighted by Gasteiger charge is -2.21. The highest BCUT2D eigenvalue weighted by Crippen LogP contribution is 2.28. The molecule has 1 amide bonds. The summed E-state index contributed by atoms with van der Waals surface area (Å²) in [4.78, 5) is 33.8. The lowest BCUT2D eigenvalue weighted by molar-refractivity contribution is -0.124. The predicted molar refractivity (Wildman–Crippen MR) is 85.3 cm³/mol. The second kappa shape index (κ2) is 6.08. The molecule has 0 fully saturated rings. The van der Waals surface area contributed by atoms with Crippen LogP contribution in [0.1, 0.15) is 36.8 Å². The lowest BCUT2D eigenvalue weighted by atomic mass is 9.89. The Bertz CT molecular complexity index is 657. The number of aromatic nitrogens is 1. The molecule has 22 heavy (non-hydrogen) atoms. The molecule has 0 aromatic carbocycles. The van der Waals surface area contributed by atoms with Crippen molar-refractivity contribution in [2.45, 2.75) is 31.2 Å². The van der Waals surface area contributed by atoms with Crippen LogP contribution in [0.4, 0.5) is 0 Å². The van der Waals surface area contributed by atoms with Gasteiger partial charge < -0.3 is 10.1 Å². The molecule has 0 radical (unpaired) electrons. The Morgan fingerprint density at radius 2 is 2.14 bits per heavy atom. The summed E-state index contributed by atoms with van der Waals surface area (Å²) in [6, 6.07) is 1.69. The molecular weight excluding hydrogens is 302 g/mol. The van der Waals surface area contributed by atoms with Crippen LogP contribution in [0.2, 0.25) is 0 Å². The number of esters is 1. The Morgan fingerprint density at radius 1 is 1.45 bits per heavy atom. The highest BCUT2D eigenvalue weighted by Gasteiger charge is 2.43. The fourth-order valence-electron chi connectivity index (χ4n) is 2.06. The maximum atomic E-state index is 12.2. The SMILES string of the molecule is COC(=O)c1cc(SC)cnc1C1=NC(C)(C(C)C)C(=O)N1. The number of hydrogen-bond acceptors (Lipinski definition) is 6. The number of thioether (sulfide) groups is 1. The summed E-state index contributed by atoms with van der Waals surface area (Å²) in [6.45, 7) is 5.63. The van der Waals surface area contributed by atoms with Gasteiger partial charge in [-0.15, -0.1) is 11.8 Å². The summed E-state index contributed by atoms with van der Waals surface area (Å²) in [5.41, 5.74) is -0.230. The molecule has 0 bridgehead atoms. The number of rotatable bonds is 4. The van der Waals surface area contributed by atoms with Crippen LogP contribution >= 0.6 is 11.8 Å². The summed E-state index contributed by atoms with van der Waals surface area (Å²) in [6.07, 6.45) is 3.54. The van der Waals surface area contributed by atoms with Crippen molar-refractivity contribution in [2.75, 3.05) is 13.4 Å². The molecular formula is C15H19N3O3S. The van der Waals surface area contributed by atoms with Crippen molar-refractivity contribution in [3.63, 3.8) is 0 Å². The third-order valence-electron chi connectivity index (χ3n) is 3.89. The maximum Gasteiger partial charge on any atom is 0.340 e. The summed E-state index contributed by atoms with van der Waals surface area (Å²) in [7, 11) is 1.31. The standard InChI is InChI=1S/C15H19N3O3S/c1-8(2)15(3)14(20)17-12(18-15)11-10(13(19)21-4)6-9(22-5)7-16-11/h6-8H,1-5H3,(H,17,18,20). The number of amides is 1. The average Bonchev–Trinajstić information content (AvgIpc) is 2.82. The largest absolute Gasteiger partial charge is 0.465 e. The van der Waals surface area contributed by atoms with Crippen molar-refractivity contribution in [3.05, 3.63) is 23.5 Å². The van der Waals surface area contributed by atoms with Gasteiger partial charge in [0, 0.05) is 11.1 Å². The van der Waals surface area contributed by atoms with Crippen LogP contribution in [-0.2, 0) is 9.53 Å². The second-order valence-corrected chi connectivity index (χ2v) is 6.36. The van der Waals surface area contributed by atoms with E-state index in [0.717, 1.165) is 4.90 Å². The van der Waals surface area contributed by atoms with Gasteiger partial charge in [0.25, 0.3) is 5.91 Å². The third kappa shape index (κ3) is 2.72. The van der Waals surface area contributed by atoms with Gasteiger partial charge in [-0.2, -0.15) is 0 Å². The van der Waals surface area contributed by atoms with Crippen molar-refractivity contribution >= 4 is 29.5 Å². The first-order valence-electron chi connectivity index (χ1n) is 6.87. The minimum Gasteiger partial charge on any atom is -0.465 e. The van der Waals surface area contributed by atoms with Gasteiger partial charge in [-0.3, -0.25) is 9.78 Å². The number of nitrogens with one attached hydrogen (secondary N) is 1. The van der Waals surface area contributed by atoms with Crippen LogP contribution in [0.3, 0.4) is 0 Å². The maximum absolute atomic E-state index is 12.2. The van der Waals surface area contributed by atoms with Gasteiger partial charge in [0.15, 0.2) is 5.84 Å². The Kier molecular flexibility index (Phi) is 4.55. The zero-order chi connectivity index (χ0) is 16.5. The first kappa shape index (κ1) is 16.5. The number of methoxy groups -OCH3 is 1. The molecule has 1 unspecified atom stereocenters. The van der Waals surface area contributed by atoms with E-state index in [1.807, 2.05) is 20.1 Å². The van der Waals surface area contributed by atoms with E-state index in [4.69, 9.17) is 4.74 Å². The number of nitrogens with zero attached hydrogens (tertiary/aromatic N) is 2. The van der Waals surface area contributed by atoms with Gasteiger partial charge in [-0.05, 0) is 25.2 Å². The van der Waals surface area contributed by atoms with Crippen LogP contribution in [-0.4, -0.2) is 41.6 Å². The topological polar surface area (TPSA) is 80.7 Å². The fourth-order valence-corrected chi connectivity index (χ4v) is 2.45. The first-order chi connectivity index (χ1) is 10.3. The molecule has 118 valence electrons. The summed E-state index contributed by atoms with van der Waals surface area (Å²) >= 11 is 1.47. The number of carbonyl (C=O) groups excluding carboxylic acids is 2. The minimum absolute atomic E-state index is 0.0250. The molecule has 0 saturated heterocycles.